The number of anilines is 1. The van der Waals surface area contributed by atoms with Crippen molar-refractivity contribution in [3.05, 3.63) is 42.0 Å². The van der Waals surface area contributed by atoms with E-state index in [4.69, 9.17) is 9.47 Å². The quantitative estimate of drug-likeness (QED) is 0.171. The molecule has 4 fully saturated rings. The first-order valence-electron chi connectivity index (χ1n) is 14.1. The van der Waals surface area contributed by atoms with Gasteiger partial charge in [0.15, 0.2) is 11.5 Å². The van der Waals surface area contributed by atoms with Crippen LogP contribution in [0.3, 0.4) is 0 Å². The smallest absolute Gasteiger partial charge is 0.339 e. The first kappa shape index (κ1) is 30.2. The highest BCUT2D eigenvalue weighted by molar-refractivity contribution is 6.00. The Labute approximate surface area is 242 Å². The number of carbonyl (C=O) groups excluding carboxylic acids is 2. The molecular formula is C30H37NO11. The highest BCUT2D eigenvalue weighted by Gasteiger charge is 2.58. The van der Waals surface area contributed by atoms with E-state index in [-0.39, 0.29) is 35.7 Å². The first-order valence-corrected chi connectivity index (χ1v) is 14.1. The van der Waals surface area contributed by atoms with E-state index >= 15 is 0 Å². The van der Waals surface area contributed by atoms with Crippen LogP contribution in [0.5, 0.6) is 11.5 Å². The van der Waals surface area contributed by atoms with Gasteiger partial charge in [-0.15, -0.1) is 0 Å². The lowest BCUT2D eigenvalue weighted by molar-refractivity contribution is -0.277. The maximum atomic E-state index is 13.3. The van der Waals surface area contributed by atoms with Crippen LogP contribution in [0.15, 0.2) is 36.4 Å². The van der Waals surface area contributed by atoms with E-state index in [0.29, 0.717) is 5.92 Å². The summed E-state index contributed by atoms with van der Waals surface area (Å²) in [7, 11) is 0. The van der Waals surface area contributed by atoms with Crippen molar-refractivity contribution in [2.24, 2.45) is 22.7 Å². The van der Waals surface area contributed by atoms with Crippen molar-refractivity contribution in [2.45, 2.75) is 76.2 Å². The van der Waals surface area contributed by atoms with Gasteiger partial charge < -0.3 is 45.4 Å². The minimum Gasteiger partial charge on any atom is -0.505 e. The molecular weight excluding hydrogens is 550 g/mol. The zero-order valence-corrected chi connectivity index (χ0v) is 23.2. The van der Waals surface area contributed by atoms with Crippen LogP contribution in [0.25, 0.3) is 0 Å². The van der Waals surface area contributed by atoms with Crippen molar-refractivity contribution in [1.29, 1.82) is 0 Å². The predicted octanol–water partition coefficient (Wildman–Crippen LogP) is 1.50. The molecule has 7 N–H and O–H groups in total. The Balaban J connectivity index is 1.36. The van der Waals surface area contributed by atoms with Crippen LogP contribution in [0, 0.1) is 22.7 Å². The van der Waals surface area contributed by atoms with Crippen molar-refractivity contribution >= 4 is 23.3 Å². The molecule has 2 bridgehead atoms. The summed E-state index contributed by atoms with van der Waals surface area (Å²) < 4.78 is 11.0. The molecule has 1 aromatic carbocycles. The number of carbonyl (C=O) groups is 3. The summed E-state index contributed by atoms with van der Waals surface area (Å²) in [5.74, 6) is -2.85. The molecule has 6 rings (SSSR count). The number of hydrogen-bond donors (Lipinski definition) is 7. The largest absolute Gasteiger partial charge is 0.505 e. The average molecular weight is 588 g/mol. The molecule has 1 heterocycles. The maximum Gasteiger partial charge on any atom is 0.339 e. The average Bonchev–Trinajstić information content (AvgIpc) is 2.96. The van der Waals surface area contributed by atoms with Crippen LogP contribution < -0.4 is 10.1 Å². The Morgan fingerprint density at radius 2 is 1.93 bits per heavy atom. The lowest BCUT2D eigenvalue weighted by Crippen LogP contribution is -2.60. The molecule has 4 aliphatic carbocycles. The lowest BCUT2D eigenvalue weighted by atomic mass is 9.44. The summed E-state index contributed by atoms with van der Waals surface area (Å²) in [6.45, 7) is 5.43. The molecule has 1 aliphatic heterocycles. The Morgan fingerprint density at radius 3 is 2.60 bits per heavy atom. The molecule has 0 aromatic heterocycles. The highest BCUT2D eigenvalue weighted by atomic mass is 16.7. The van der Waals surface area contributed by atoms with Crippen molar-refractivity contribution in [3.63, 3.8) is 0 Å². The number of hydrogen-bond acceptors (Lipinski definition) is 10. The van der Waals surface area contributed by atoms with Gasteiger partial charge in [-0.25, -0.2) is 4.79 Å². The second-order valence-electron chi connectivity index (χ2n) is 12.2. The Hall–Kier alpha value is -3.29. The van der Waals surface area contributed by atoms with E-state index in [2.05, 4.69) is 11.9 Å². The minimum absolute atomic E-state index is 0.0494. The lowest BCUT2D eigenvalue weighted by Gasteiger charge is -2.59. The summed E-state index contributed by atoms with van der Waals surface area (Å²) in [5.41, 5.74) is -0.706. The molecule has 5 aliphatic rings. The number of ketones is 1. The normalized spacial score (nSPS) is 37.3. The standard InChI is InChI=1S/C30H37NO11/c1-14-12-30-9-5-15(14)11-19(30)29(2,20(33)6-10-30)8-7-21(34)31-22-17(4-3-16(23(22)35)27(39)40)41-28-26(38)25(37)24(36)18(13-32)42-28/h3-4,6,10,15,18-19,24-26,28,32,35-38H,1,5,7-9,11-13H2,2H3,(H,31,34)(H,39,40). The van der Waals surface area contributed by atoms with Gasteiger partial charge in [0.1, 0.15) is 41.4 Å². The summed E-state index contributed by atoms with van der Waals surface area (Å²) >= 11 is 0. The number of rotatable bonds is 8. The Morgan fingerprint density at radius 1 is 1.19 bits per heavy atom. The van der Waals surface area contributed by atoms with E-state index in [0.717, 1.165) is 37.8 Å². The van der Waals surface area contributed by atoms with Crippen LogP contribution in [0.1, 0.15) is 55.8 Å². The fourth-order valence-corrected chi connectivity index (χ4v) is 7.29. The third kappa shape index (κ3) is 5.01. The fraction of sp³-hybridized carbons (Fsp3) is 0.567. The molecule has 42 heavy (non-hydrogen) atoms. The molecule has 9 atom stereocenters. The zero-order valence-electron chi connectivity index (χ0n) is 23.2. The van der Waals surface area contributed by atoms with E-state index < -0.39 is 71.6 Å². The second-order valence-corrected chi connectivity index (χ2v) is 12.2. The van der Waals surface area contributed by atoms with Gasteiger partial charge in [-0.2, -0.15) is 0 Å². The molecule has 1 saturated heterocycles. The molecule has 1 aromatic rings. The number of ether oxygens (including phenoxy) is 2. The molecule has 228 valence electrons. The van der Waals surface area contributed by atoms with E-state index in [1.54, 1.807) is 6.08 Å². The summed E-state index contributed by atoms with van der Waals surface area (Å²) in [6, 6.07) is 2.15. The van der Waals surface area contributed by atoms with Gasteiger partial charge in [0.2, 0.25) is 12.2 Å². The number of benzene rings is 1. The van der Waals surface area contributed by atoms with Crippen LogP contribution >= 0.6 is 0 Å². The number of amides is 1. The van der Waals surface area contributed by atoms with Gasteiger partial charge in [0.05, 0.1) is 6.61 Å². The van der Waals surface area contributed by atoms with Crippen LogP contribution in [0.4, 0.5) is 5.69 Å². The number of aliphatic hydroxyl groups is 4. The molecule has 12 heteroatoms. The Kier molecular flexibility index (Phi) is 7.96. The van der Waals surface area contributed by atoms with Crippen molar-refractivity contribution < 1.29 is 54.5 Å². The van der Waals surface area contributed by atoms with Gasteiger partial charge in [0, 0.05) is 11.8 Å². The van der Waals surface area contributed by atoms with Gasteiger partial charge in [-0.05, 0) is 67.6 Å². The molecule has 1 spiro atoms. The monoisotopic (exact) mass is 587 g/mol. The van der Waals surface area contributed by atoms with E-state index in [1.807, 2.05) is 13.0 Å². The third-order valence-corrected chi connectivity index (χ3v) is 9.80. The number of aromatic carboxylic acids is 1. The fourth-order valence-electron chi connectivity index (χ4n) is 7.29. The van der Waals surface area contributed by atoms with Crippen LogP contribution in [-0.4, -0.2) is 85.6 Å². The second kappa shape index (κ2) is 11.1. The number of carboxylic acid groups (broad SMARTS) is 1. The van der Waals surface area contributed by atoms with Crippen LogP contribution in [0.2, 0.25) is 0 Å². The topological polar surface area (TPSA) is 203 Å². The number of allylic oxidation sites excluding steroid dienone is 3. The number of fused-ring (bicyclic) bond motifs is 2. The molecule has 9 unspecified atom stereocenters. The van der Waals surface area contributed by atoms with E-state index in [9.17, 15) is 45.0 Å². The summed E-state index contributed by atoms with van der Waals surface area (Å²) in [4.78, 5) is 38.2. The van der Waals surface area contributed by atoms with Gasteiger partial charge in [-0.1, -0.05) is 25.2 Å². The molecule has 12 nitrogen and oxygen atoms in total. The number of aliphatic hydroxyl groups excluding tert-OH is 4. The maximum absolute atomic E-state index is 13.3. The molecule has 0 radical (unpaired) electrons. The SMILES string of the molecule is C=C1CC23C=CC(=O)C(C)(CCC(=O)Nc4c(OC5OC(CO)C(O)C(O)C5O)ccc(C(=O)O)c4O)C2CC1CC3. The predicted molar refractivity (Wildman–Crippen MR) is 147 cm³/mol. The van der Waals surface area contributed by atoms with Crippen molar-refractivity contribution in [1.82, 2.24) is 0 Å². The summed E-state index contributed by atoms with van der Waals surface area (Å²) in [6.07, 6.45) is -0.710. The Bertz CT molecular complexity index is 1320. The van der Waals surface area contributed by atoms with Crippen molar-refractivity contribution in [2.75, 3.05) is 11.9 Å². The third-order valence-electron chi connectivity index (χ3n) is 9.80. The number of carboxylic acids is 1. The number of nitrogens with one attached hydrogen (secondary N) is 1. The van der Waals surface area contributed by atoms with Gasteiger partial charge in [-0.3, -0.25) is 9.59 Å². The van der Waals surface area contributed by atoms with Gasteiger partial charge >= 0.3 is 5.97 Å². The van der Waals surface area contributed by atoms with Crippen molar-refractivity contribution in [3.8, 4) is 11.5 Å². The molecule has 3 saturated carbocycles. The highest BCUT2D eigenvalue weighted by Crippen LogP contribution is 2.64. The van der Waals surface area contributed by atoms with E-state index in [1.165, 1.54) is 5.57 Å². The number of phenols is 1. The molecule has 1 amide bonds. The number of aromatic hydroxyl groups is 1. The minimum atomic E-state index is -1.79. The zero-order chi connectivity index (χ0) is 30.6. The first-order chi connectivity index (χ1) is 19.8. The summed E-state index contributed by atoms with van der Waals surface area (Å²) in [5, 5.41) is 62.7. The van der Waals surface area contributed by atoms with Crippen LogP contribution in [-0.2, 0) is 14.3 Å². The van der Waals surface area contributed by atoms with Gasteiger partial charge in [0.25, 0.3) is 0 Å².